The lowest BCUT2D eigenvalue weighted by molar-refractivity contribution is -0.117. The quantitative estimate of drug-likeness (QED) is 0.858. The summed E-state index contributed by atoms with van der Waals surface area (Å²) >= 11 is 1.36. The predicted molar refractivity (Wildman–Crippen MR) is 82.2 cm³/mol. The molecule has 0 radical (unpaired) electrons. The highest BCUT2D eigenvalue weighted by Gasteiger charge is 2.20. The third-order valence-electron chi connectivity index (χ3n) is 2.97. The van der Waals surface area contributed by atoms with Gasteiger partial charge in [-0.15, -0.1) is 11.8 Å². The Bertz CT molecular complexity index is 545. The molecular weight excluding hydrogens is 270 g/mol. The molecule has 20 heavy (non-hydrogen) atoms. The van der Waals surface area contributed by atoms with E-state index in [1.807, 2.05) is 60.7 Å². The van der Waals surface area contributed by atoms with Gasteiger partial charge in [-0.2, -0.15) is 0 Å². The molecule has 2 aromatic carbocycles. The van der Waals surface area contributed by atoms with Crippen molar-refractivity contribution in [2.45, 2.75) is 11.4 Å². The molecule has 0 aliphatic carbocycles. The first-order valence-electron chi connectivity index (χ1n) is 6.37. The molecular formula is C16H17NO2S. The first kappa shape index (κ1) is 14.6. The zero-order chi connectivity index (χ0) is 14.4. The van der Waals surface area contributed by atoms with Crippen LogP contribution in [0.5, 0.6) is 0 Å². The van der Waals surface area contributed by atoms with Crippen LogP contribution in [0.25, 0.3) is 0 Å². The summed E-state index contributed by atoms with van der Waals surface area (Å²) in [5.41, 5.74) is 7.16. The van der Waals surface area contributed by atoms with Crippen molar-refractivity contribution in [2.75, 3.05) is 5.75 Å². The molecule has 0 heterocycles. The van der Waals surface area contributed by atoms with Gasteiger partial charge in [0.2, 0.25) is 5.91 Å². The topological polar surface area (TPSA) is 63.3 Å². The number of thioether (sulfide) groups is 1. The van der Waals surface area contributed by atoms with Crippen LogP contribution >= 0.6 is 11.8 Å². The number of benzene rings is 2. The van der Waals surface area contributed by atoms with Crippen LogP contribution in [-0.2, 0) is 4.79 Å². The summed E-state index contributed by atoms with van der Waals surface area (Å²) in [6, 6.07) is 18.8. The average Bonchev–Trinajstić information content (AvgIpc) is 2.49. The molecule has 0 aliphatic rings. The summed E-state index contributed by atoms with van der Waals surface area (Å²) in [4.78, 5) is 11.6. The lowest BCUT2D eigenvalue weighted by Gasteiger charge is -2.16. The van der Waals surface area contributed by atoms with Crippen LogP contribution in [0.4, 0.5) is 0 Å². The van der Waals surface area contributed by atoms with Crippen LogP contribution in [0.1, 0.15) is 22.5 Å². The first-order chi connectivity index (χ1) is 9.68. The van der Waals surface area contributed by atoms with Crippen LogP contribution in [0.15, 0.2) is 60.7 Å². The van der Waals surface area contributed by atoms with Gasteiger partial charge < -0.3 is 10.8 Å². The van der Waals surface area contributed by atoms with Gasteiger partial charge in [0.15, 0.2) is 0 Å². The number of nitrogens with two attached hydrogens (primary N) is 1. The Morgan fingerprint density at radius 1 is 1.00 bits per heavy atom. The summed E-state index contributed by atoms with van der Waals surface area (Å²) in [5.74, 6) is 0.0356. The lowest BCUT2D eigenvalue weighted by atomic mass is 10.1. The van der Waals surface area contributed by atoms with Gasteiger partial charge in [-0.3, -0.25) is 4.79 Å². The van der Waals surface area contributed by atoms with Crippen LogP contribution in [0.2, 0.25) is 0 Å². The van der Waals surface area contributed by atoms with Crippen molar-refractivity contribution < 1.29 is 9.90 Å². The Hall–Kier alpha value is -1.78. The normalized spacial score (nSPS) is 13.7. The largest absolute Gasteiger partial charge is 0.388 e. The van der Waals surface area contributed by atoms with E-state index < -0.39 is 11.4 Å². The zero-order valence-electron chi connectivity index (χ0n) is 11.0. The molecule has 4 heteroatoms. The van der Waals surface area contributed by atoms with Crippen molar-refractivity contribution >= 4 is 17.7 Å². The molecule has 0 bridgehead atoms. The maximum Gasteiger partial charge on any atom is 0.235 e. The van der Waals surface area contributed by atoms with Gasteiger partial charge in [0.05, 0.1) is 6.10 Å². The fraction of sp³-hybridized carbons (Fsp3) is 0.188. The van der Waals surface area contributed by atoms with Crippen molar-refractivity contribution in [2.24, 2.45) is 5.73 Å². The second-order valence-corrected chi connectivity index (χ2v) is 5.59. The minimum Gasteiger partial charge on any atom is -0.388 e. The molecule has 0 aliphatic heterocycles. The maximum absolute atomic E-state index is 11.6. The summed E-state index contributed by atoms with van der Waals surface area (Å²) in [6.07, 6.45) is -0.605. The minimum atomic E-state index is -0.605. The number of primary amides is 1. The van der Waals surface area contributed by atoms with E-state index in [2.05, 4.69) is 0 Å². The SMILES string of the molecule is NC(=O)C(SCC(O)c1ccccc1)c1ccccc1. The summed E-state index contributed by atoms with van der Waals surface area (Å²) in [6.45, 7) is 0. The summed E-state index contributed by atoms with van der Waals surface area (Å²) in [5, 5.41) is 9.69. The van der Waals surface area contributed by atoms with Gasteiger partial charge in [0, 0.05) is 5.75 Å². The lowest BCUT2D eigenvalue weighted by Crippen LogP contribution is -2.20. The predicted octanol–water partition coefficient (Wildman–Crippen LogP) is 2.68. The third-order valence-corrected chi connectivity index (χ3v) is 4.31. The minimum absolute atomic E-state index is 0.388. The van der Waals surface area contributed by atoms with Crippen molar-refractivity contribution in [3.8, 4) is 0 Å². The molecule has 2 rings (SSSR count). The van der Waals surface area contributed by atoms with Crippen LogP contribution in [-0.4, -0.2) is 16.8 Å². The fourth-order valence-corrected chi connectivity index (χ4v) is 3.01. The van der Waals surface area contributed by atoms with E-state index >= 15 is 0 Å². The van der Waals surface area contributed by atoms with Gasteiger partial charge in [-0.1, -0.05) is 60.7 Å². The maximum atomic E-state index is 11.6. The van der Waals surface area contributed by atoms with E-state index in [1.165, 1.54) is 11.8 Å². The van der Waals surface area contributed by atoms with Gasteiger partial charge in [0.1, 0.15) is 5.25 Å². The van der Waals surface area contributed by atoms with E-state index in [9.17, 15) is 9.90 Å². The van der Waals surface area contributed by atoms with Crippen molar-refractivity contribution in [1.82, 2.24) is 0 Å². The van der Waals surface area contributed by atoms with Gasteiger partial charge in [-0.25, -0.2) is 0 Å². The monoisotopic (exact) mass is 287 g/mol. The average molecular weight is 287 g/mol. The van der Waals surface area contributed by atoms with E-state index in [0.717, 1.165) is 11.1 Å². The Morgan fingerprint density at radius 2 is 1.50 bits per heavy atom. The molecule has 0 fully saturated rings. The molecule has 2 atom stereocenters. The van der Waals surface area contributed by atoms with Crippen LogP contribution in [0.3, 0.4) is 0 Å². The molecule has 3 N–H and O–H groups in total. The third kappa shape index (κ3) is 3.85. The molecule has 0 saturated heterocycles. The number of carbonyl (C=O) groups is 1. The molecule has 104 valence electrons. The number of amides is 1. The summed E-state index contributed by atoms with van der Waals surface area (Å²) in [7, 11) is 0. The molecule has 0 spiro atoms. The van der Waals surface area contributed by atoms with E-state index in [-0.39, 0.29) is 5.91 Å². The fourth-order valence-electron chi connectivity index (χ4n) is 1.93. The number of rotatable bonds is 6. The Morgan fingerprint density at radius 3 is 2.00 bits per heavy atom. The van der Waals surface area contributed by atoms with Gasteiger partial charge >= 0.3 is 0 Å². The van der Waals surface area contributed by atoms with Gasteiger partial charge in [-0.05, 0) is 11.1 Å². The number of carbonyl (C=O) groups excluding carboxylic acids is 1. The second-order valence-electron chi connectivity index (χ2n) is 4.45. The van der Waals surface area contributed by atoms with E-state index in [0.29, 0.717) is 5.75 Å². The standard InChI is InChI=1S/C16H17NO2S/c17-16(19)15(13-9-5-2-6-10-13)20-11-14(18)12-7-3-1-4-8-12/h1-10,14-15,18H,11H2,(H2,17,19). The van der Waals surface area contributed by atoms with Crippen molar-refractivity contribution in [1.29, 1.82) is 0 Å². The highest BCUT2D eigenvalue weighted by Crippen LogP contribution is 2.31. The Labute approximate surface area is 122 Å². The zero-order valence-corrected chi connectivity index (χ0v) is 11.8. The molecule has 3 nitrogen and oxygen atoms in total. The van der Waals surface area contributed by atoms with Crippen molar-refractivity contribution in [3.63, 3.8) is 0 Å². The van der Waals surface area contributed by atoms with E-state index in [1.54, 1.807) is 0 Å². The highest BCUT2D eigenvalue weighted by atomic mass is 32.2. The Balaban J connectivity index is 2.02. The highest BCUT2D eigenvalue weighted by molar-refractivity contribution is 8.00. The number of aliphatic hydroxyl groups is 1. The molecule has 2 unspecified atom stereocenters. The molecule has 0 aromatic heterocycles. The number of aliphatic hydroxyl groups excluding tert-OH is 1. The smallest absolute Gasteiger partial charge is 0.235 e. The molecule has 0 saturated carbocycles. The molecule has 1 amide bonds. The van der Waals surface area contributed by atoms with Crippen LogP contribution in [0, 0.1) is 0 Å². The summed E-state index contributed by atoms with van der Waals surface area (Å²) < 4.78 is 0. The molecule has 2 aromatic rings. The number of hydrogen-bond donors (Lipinski definition) is 2. The van der Waals surface area contributed by atoms with E-state index in [4.69, 9.17) is 5.73 Å². The number of hydrogen-bond acceptors (Lipinski definition) is 3. The first-order valence-corrected chi connectivity index (χ1v) is 7.42. The van der Waals surface area contributed by atoms with Crippen molar-refractivity contribution in [3.05, 3.63) is 71.8 Å². The second kappa shape index (κ2) is 7.12. The van der Waals surface area contributed by atoms with Crippen LogP contribution < -0.4 is 5.73 Å². The Kier molecular flexibility index (Phi) is 5.21. The van der Waals surface area contributed by atoms with Gasteiger partial charge in [0.25, 0.3) is 0 Å².